The van der Waals surface area contributed by atoms with Crippen LogP contribution in [0, 0.1) is 23.5 Å². The number of nitrogens with one attached hydrogen (secondary N) is 1. The molecule has 1 aromatic heterocycles. The number of halogens is 2. The van der Waals surface area contributed by atoms with Gasteiger partial charge in [-0.15, -0.1) is 0 Å². The van der Waals surface area contributed by atoms with E-state index in [1.165, 1.54) is 18.3 Å². The Kier molecular flexibility index (Phi) is 8.11. The van der Waals surface area contributed by atoms with E-state index in [9.17, 15) is 14.0 Å². The second-order valence-electron chi connectivity index (χ2n) is 10.5. The number of nitrogens with two attached hydrogens (primary N) is 1. The van der Waals surface area contributed by atoms with Crippen LogP contribution in [0.25, 0.3) is 0 Å². The molecule has 2 aromatic rings. The number of benzene rings is 1. The maximum absolute atomic E-state index is 16.0. The third-order valence-corrected chi connectivity index (χ3v) is 8.37. The quantitative estimate of drug-likeness (QED) is 0.544. The van der Waals surface area contributed by atoms with Crippen molar-refractivity contribution in [2.75, 3.05) is 25.5 Å². The zero-order valence-corrected chi connectivity index (χ0v) is 21.8. The van der Waals surface area contributed by atoms with Crippen LogP contribution in [0.15, 0.2) is 36.5 Å². The van der Waals surface area contributed by atoms with Crippen LogP contribution in [-0.2, 0) is 9.59 Å². The molecule has 1 aliphatic carbocycles. The lowest BCUT2D eigenvalue weighted by Gasteiger charge is -2.43. The van der Waals surface area contributed by atoms with Crippen LogP contribution < -0.4 is 16.0 Å². The van der Waals surface area contributed by atoms with Gasteiger partial charge in [-0.2, -0.15) is 0 Å². The molecule has 2 amide bonds. The second-order valence-corrected chi connectivity index (χ2v) is 10.5. The lowest BCUT2D eigenvalue weighted by Crippen LogP contribution is -2.63. The van der Waals surface area contributed by atoms with Gasteiger partial charge in [0, 0.05) is 31.0 Å². The number of hydrogen-bond donors (Lipinski definition) is 2. The minimum absolute atomic E-state index is 0.0231. The van der Waals surface area contributed by atoms with E-state index in [1.54, 1.807) is 49.0 Å². The molecule has 0 spiro atoms. The Bertz CT molecular complexity index is 1120. The van der Waals surface area contributed by atoms with Gasteiger partial charge >= 0.3 is 0 Å². The Morgan fingerprint density at radius 3 is 2.41 bits per heavy atom. The molecule has 37 heavy (non-hydrogen) atoms. The Morgan fingerprint density at radius 1 is 1.11 bits per heavy atom. The van der Waals surface area contributed by atoms with Crippen molar-refractivity contribution in [1.82, 2.24) is 15.2 Å². The van der Waals surface area contributed by atoms with E-state index in [-0.39, 0.29) is 23.5 Å². The Labute approximate surface area is 217 Å². The minimum atomic E-state index is -1.21. The molecule has 3 N–H and O–H groups in total. The number of carbonyl (C=O) groups is 2. The highest BCUT2D eigenvalue weighted by Gasteiger charge is 2.50. The fraction of sp³-hybridized carbons (Fsp3) is 0.536. The van der Waals surface area contributed by atoms with Gasteiger partial charge in [0.05, 0.1) is 12.0 Å². The summed E-state index contributed by atoms with van der Waals surface area (Å²) in [5, 5.41) is 3.05. The van der Waals surface area contributed by atoms with Crippen LogP contribution in [0.1, 0.15) is 63.5 Å². The highest BCUT2D eigenvalue weighted by molar-refractivity contribution is 5.93. The normalized spacial score (nSPS) is 20.9. The molecule has 0 bridgehead atoms. The van der Waals surface area contributed by atoms with Gasteiger partial charge < -0.3 is 20.9 Å². The number of rotatable bonds is 8. The van der Waals surface area contributed by atoms with Gasteiger partial charge in [0.1, 0.15) is 11.4 Å². The summed E-state index contributed by atoms with van der Waals surface area (Å²) in [7, 11) is 3.33. The molecule has 3 atom stereocenters. The summed E-state index contributed by atoms with van der Waals surface area (Å²) < 4.78 is 29.4. The molecule has 9 heteroatoms. The van der Waals surface area contributed by atoms with Crippen molar-refractivity contribution in [2.45, 2.75) is 63.5 Å². The van der Waals surface area contributed by atoms with E-state index in [0.717, 1.165) is 38.5 Å². The maximum Gasteiger partial charge on any atom is 0.238 e. The Hall–Kier alpha value is -3.07. The lowest BCUT2D eigenvalue weighted by molar-refractivity contribution is -0.147. The third kappa shape index (κ3) is 5.19. The number of likely N-dealkylation sites (N-methyl/N-ethyl adjacent to an activating group) is 1. The van der Waals surface area contributed by atoms with Crippen LogP contribution >= 0.6 is 0 Å². The first kappa shape index (κ1) is 27.0. The molecule has 2 aliphatic rings. The van der Waals surface area contributed by atoms with E-state index in [1.807, 2.05) is 0 Å². The number of aromatic nitrogens is 1. The zero-order valence-electron chi connectivity index (χ0n) is 21.8. The fourth-order valence-electron chi connectivity index (χ4n) is 6.08. The monoisotopic (exact) mass is 513 g/mol. The van der Waals surface area contributed by atoms with Crippen molar-refractivity contribution in [2.24, 2.45) is 17.6 Å². The van der Waals surface area contributed by atoms with Crippen LogP contribution in [0.3, 0.4) is 0 Å². The number of carbonyl (C=O) groups excluding carboxylic acids is 2. The van der Waals surface area contributed by atoms with E-state index in [2.05, 4.69) is 10.3 Å². The largest absolute Gasteiger partial charge is 0.368 e. The van der Waals surface area contributed by atoms with Gasteiger partial charge in [0.15, 0.2) is 11.6 Å². The molecule has 200 valence electrons. The Balaban J connectivity index is 1.68. The molecule has 7 nitrogen and oxygen atoms in total. The molecule has 1 aromatic carbocycles. The number of hydrogen-bond acceptors (Lipinski definition) is 5. The topological polar surface area (TPSA) is 91.6 Å². The molecular formula is C28H37F2N5O2. The number of amides is 2. The van der Waals surface area contributed by atoms with Crippen LogP contribution in [0.5, 0.6) is 0 Å². The average molecular weight is 514 g/mol. The first-order chi connectivity index (χ1) is 17.7. The molecule has 4 rings (SSSR count). The standard InChI is InChI=1S/C28H37F2N5O2/c1-28(32-2,27(31)37)23(18-8-5-4-6-9-18)26(36)35-17-7-10-22(35)21-15-16-33-25(24(21)30)34(3)20-13-11-19(29)12-14-20/h11-16,18,22-23,32H,4-10,17H2,1-3H3,(H2,31,37)/t22-,23+,28?/m0/s1. The predicted octanol–water partition coefficient (Wildman–Crippen LogP) is 4.45. The molecule has 0 radical (unpaired) electrons. The average Bonchev–Trinajstić information content (AvgIpc) is 3.39. The molecule has 2 heterocycles. The van der Waals surface area contributed by atoms with Gasteiger partial charge in [-0.1, -0.05) is 19.3 Å². The molecule has 1 unspecified atom stereocenters. The van der Waals surface area contributed by atoms with Crippen LogP contribution in [-0.4, -0.2) is 47.9 Å². The molecule has 2 fully saturated rings. The van der Waals surface area contributed by atoms with Gasteiger partial charge in [-0.3, -0.25) is 9.59 Å². The minimum Gasteiger partial charge on any atom is -0.368 e. The number of primary amides is 1. The summed E-state index contributed by atoms with van der Waals surface area (Å²) in [5.41, 5.74) is 5.61. The summed E-state index contributed by atoms with van der Waals surface area (Å²) in [6, 6.07) is 6.89. The second kappa shape index (κ2) is 11.1. The summed E-state index contributed by atoms with van der Waals surface area (Å²) in [6.07, 6.45) is 7.72. The highest BCUT2D eigenvalue weighted by Crippen LogP contribution is 2.42. The summed E-state index contributed by atoms with van der Waals surface area (Å²) >= 11 is 0. The SMILES string of the molecule is CNC(C)(C(N)=O)[C@@H](C(=O)N1CCC[C@H]1c1ccnc(N(C)c2ccc(F)cc2)c1F)C1CCCCC1. The van der Waals surface area contributed by atoms with Crippen LogP contribution in [0.4, 0.5) is 20.3 Å². The highest BCUT2D eigenvalue weighted by atomic mass is 19.1. The number of pyridine rings is 1. The molecular weight excluding hydrogens is 476 g/mol. The fourth-order valence-corrected chi connectivity index (χ4v) is 6.08. The first-order valence-electron chi connectivity index (χ1n) is 13.1. The predicted molar refractivity (Wildman–Crippen MR) is 139 cm³/mol. The van der Waals surface area contributed by atoms with Crippen molar-refractivity contribution in [3.05, 3.63) is 53.7 Å². The van der Waals surface area contributed by atoms with Crippen molar-refractivity contribution < 1.29 is 18.4 Å². The molecule has 1 aliphatic heterocycles. The summed E-state index contributed by atoms with van der Waals surface area (Å²) in [4.78, 5) is 34.4. The van der Waals surface area contributed by atoms with Gasteiger partial charge in [0.25, 0.3) is 0 Å². The van der Waals surface area contributed by atoms with E-state index >= 15 is 4.39 Å². The zero-order chi connectivity index (χ0) is 26.7. The molecule has 1 saturated heterocycles. The first-order valence-corrected chi connectivity index (χ1v) is 13.1. The van der Waals surface area contributed by atoms with E-state index < -0.39 is 29.2 Å². The van der Waals surface area contributed by atoms with Crippen LogP contribution in [0.2, 0.25) is 0 Å². The smallest absolute Gasteiger partial charge is 0.238 e. The van der Waals surface area contributed by atoms with Crippen molar-refractivity contribution in [3.8, 4) is 0 Å². The summed E-state index contributed by atoms with van der Waals surface area (Å²) in [6.45, 7) is 2.19. The van der Waals surface area contributed by atoms with Crippen molar-refractivity contribution >= 4 is 23.3 Å². The number of nitrogens with zero attached hydrogens (tertiary/aromatic N) is 3. The number of likely N-dealkylation sites (tertiary alicyclic amines) is 1. The molecule has 1 saturated carbocycles. The Morgan fingerprint density at radius 2 is 1.78 bits per heavy atom. The van der Waals surface area contributed by atoms with Crippen molar-refractivity contribution in [1.29, 1.82) is 0 Å². The summed E-state index contributed by atoms with van der Waals surface area (Å²) in [5.74, 6) is -2.12. The lowest BCUT2D eigenvalue weighted by atomic mass is 9.69. The van der Waals surface area contributed by atoms with Gasteiger partial charge in [0.2, 0.25) is 11.8 Å². The maximum atomic E-state index is 16.0. The van der Waals surface area contributed by atoms with E-state index in [0.29, 0.717) is 24.2 Å². The third-order valence-electron chi connectivity index (χ3n) is 8.37. The van der Waals surface area contributed by atoms with Crippen molar-refractivity contribution in [3.63, 3.8) is 0 Å². The van der Waals surface area contributed by atoms with E-state index in [4.69, 9.17) is 5.73 Å². The van der Waals surface area contributed by atoms with Gasteiger partial charge in [-0.25, -0.2) is 13.8 Å². The number of anilines is 2. The van der Waals surface area contributed by atoms with Gasteiger partial charge in [-0.05, 0) is 75.9 Å².